The van der Waals surface area contributed by atoms with Gasteiger partial charge >= 0.3 is 0 Å². The molecule has 1 atom stereocenters. The van der Waals surface area contributed by atoms with Gasteiger partial charge in [0.05, 0.1) is 30.5 Å². The number of fused-ring (bicyclic) bond motifs is 1. The van der Waals surface area contributed by atoms with E-state index in [-0.39, 0.29) is 6.10 Å². The number of H-pyrrole nitrogens is 1. The summed E-state index contributed by atoms with van der Waals surface area (Å²) in [6, 6.07) is 7.83. The van der Waals surface area contributed by atoms with E-state index in [1.54, 1.807) is 13.4 Å². The van der Waals surface area contributed by atoms with E-state index in [9.17, 15) is 0 Å². The predicted molar refractivity (Wildman–Crippen MR) is 102 cm³/mol. The minimum absolute atomic E-state index is 0.190. The monoisotopic (exact) mass is 369 g/mol. The zero-order chi connectivity index (χ0) is 18.6. The number of aromatic nitrogens is 4. The average Bonchev–Trinajstić information content (AvgIpc) is 3.12. The lowest BCUT2D eigenvalue weighted by Gasteiger charge is -2.31. The van der Waals surface area contributed by atoms with Gasteiger partial charge in [-0.2, -0.15) is 5.10 Å². The van der Waals surface area contributed by atoms with Gasteiger partial charge in [-0.25, -0.2) is 9.97 Å². The van der Waals surface area contributed by atoms with Crippen LogP contribution in [0.2, 0.25) is 0 Å². The summed E-state index contributed by atoms with van der Waals surface area (Å²) < 4.78 is 16.4. The molecule has 1 aromatic carbocycles. The van der Waals surface area contributed by atoms with Crippen molar-refractivity contribution in [2.24, 2.45) is 0 Å². The molecule has 0 radical (unpaired) electrons. The third-order valence-electron chi connectivity index (χ3n) is 4.55. The van der Waals surface area contributed by atoms with Crippen molar-refractivity contribution in [1.29, 1.82) is 0 Å². The second-order valence-electron chi connectivity index (χ2n) is 6.51. The molecule has 0 unspecified atom stereocenters. The summed E-state index contributed by atoms with van der Waals surface area (Å²) in [6.07, 6.45) is 1.78. The number of methoxy groups -OCH3 is 1. The van der Waals surface area contributed by atoms with Gasteiger partial charge in [0, 0.05) is 31.7 Å². The van der Waals surface area contributed by atoms with Crippen molar-refractivity contribution in [3.63, 3.8) is 0 Å². The Morgan fingerprint density at radius 1 is 1.26 bits per heavy atom. The van der Waals surface area contributed by atoms with Crippen molar-refractivity contribution >= 4 is 16.7 Å². The molecule has 0 saturated carbocycles. The van der Waals surface area contributed by atoms with Gasteiger partial charge in [0.1, 0.15) is 30.2 Å². The van der Waals surface area contributed by atoms with Crippen LogP contribution in [-0.2, 0) is 9.47 Å². The Morgan fingerprint density at radius 2 is 2.19 bits per heavy atom. The lowest BCUT2D eigenvalue weighted by atomic mass is 10.1. The average molecular weight is 369 g/mol. The van der Waals surface area contributed by atoms with Crippen LogP contribution in [0.15, 0.2) is 30.6 Å². The summed E-state index contributed by atoms with van der Waals surface area (Å²) in [5.41, 5.74) is 2.50. The largest absolute Gasteiger partial charge is 0.491 e. The molecule has 0 aliphatic carbocycles. The van der Waals surface area contributed by atoms with E-state index in [0.717, 1.165) is 46.9 Å². The van der Waals surface area contributed by atoms with E-state index in [0.29, 0.717) is 19.8 Å². The predicted octanol–water partition coefficient (Wildman–Crippen LogP) is 2.27. The van der Waals surface area contributed by atoms with Crippen molar-refractivity contribution in [2.45, 2.75) is 13.0 Å². The normalized spacial score (nSPS) is 17.4. The number of nitrogens with zero attached hydrogens (tertiary/aromatic N) is 4. The number of nitrogens with one attached hydrogen (secondary N) is 1. The Hall–Kier alpha value is -2.71. The van der Waals surface area contributed by atoms with Gasteiger partial charge in [0.2, 0.25) is 0 Å². The highest BCUT2D eigenvalue weighted by Crippen LogP contribution is 2.29. The smallest absolute Gasteiger partial charge is 0.132 e. The molecular formula is C19H23N5O3. The van der Waals surface area contributed by atoms with Gasteiger partial charge in [-0.15, -0.1) is 0 Å². The molecule has 1 aliphatic heterocycles. The first-order valence-electron chi connectivity index (χ1n) is 9.03. The number of morpholine rings is 1. The van der Waals surface area contributed by atoms with Crippen molar-refractivity contribution in [3.8, 4) is 17.1 Å². The Morgan fingerprint density at radius 3 is 3.04 bits per heavy atom. The number of hydrogen-bond acceptors (Lipinski definition) is 7. The van der Waals surface area contributed by atoms with Gasteiger partial charge in [0.15, 0.2) is 0 Å². The lowest BCUT2D eigenvalue weighted by molar-refractivity contribution is 0.0529. The third kappa shape index (κ3) is 3.86. The topological polar surface area (TPSA) is 85.4 Å². The molecule has 4 rings (SSSR count). The van der Waals surface area contributed by atoms with Gasteiger partial charge in [-0.3, -0.25) is 5.10 Å². The molecule has 2 aromatic heterocycles. The maximum atomic E-state index is 5.72. The van der Waals surface area contributed by atoms with E-state index in [1.807, 2.05) is 24.3 Å². The number of benzene rings is 1. The number of anilines is 1. The molecular weight excluding hydrogens is 346 g/mol. The Labute approximate surface area is 157 Å². The van der Waals surface area contributed by atoms with E-state index in [2.05, 4.69) is 32.0 Å². The number of rotatable bonds is 6. The molecule has 1 aliphatic rings. The molecule has 3 heterocycles. The molecule has 142 valence electrons. The number of hydrogen-bond donors (Lipinski definition) is 1. The van der Waals surface area contributed by atoms with Gasteiger partial charge in [-0.1, -0.05) is 0 Å². The minimum atomic E-state index is 0.190. The quantitative estimate of drug-likeness (QED) is 0.667. The first-order chi connectivity index (χ1) is 13.2. The first-order valence-corrected chi connectivity index (χ1v) is 9.03. The van der Waals surface area contributed by atoms with E-state index in [1.165, 1.54) is 0 Å². The minimum Gasteiger partial charge on any atom is -0.491 e. The zero-order valence-corrected chi connectivity index (χ0v) is 15.5. The summed E-state index contributed by atoms with van der Waals surface area (Å²) in [5, 5.41) is 8.49. The third-order valence-corrected chi connectivity index (χ3v) is 4.55. The van der Waals surface area contributed by atoms with Crippen LogP contribution in [0.1, 0.15) is 6.92 Å². The lowest BCUT2D eigenvalue weighted by Crippen LogP contribution is -2.41. The number of aromatic amines is 1. The van der Waals surface area contributed by atoms with Crippen LogP contribution in [0, 0.1) is 0 Å². The van der Waals surface area contributed by atoms with Crippen LogP contribution in [0.3, 0.4) is 0 Å². The summed E-state index contributed by atoms with van der Waals surface area (Å²) in [4.78, 5) is 11.1. The van der Waals surface area contributed by atoms with E-state index in [4.69, 9.17) is 14.2 Å². The summed E-state index contributed by atoms with van der Waals surface area (Å²) >= 11 is 0. The fourth-order valence-electron chi connectivity index (χ4n) is 3.20. The van der Waals surface area contributed by atoms with Crippen LogP contribution in [0.5, 0.6) is 5.75 Å². The second kappa shape index (κ2) is 7.89. The SMILES string of the molecule is COCCOc1ccc2[nH]nc(-c3cc(N4CCO[C@@H](C)C4)ncn3)c2c1. The maximum Gasteiger partial charge on any atom is 0.132 e. The molecule has 0 spiro atoms. The highest BCUT2D eigenvalue weighted by Gasteiger charge is 2.19. The van der Waals surface area contributed by atoms with Crippen molar-refractivity contribution in [3.05, 3.63) is 30.6 Å². The standard InChI is InChI=1S/C19H23N5O3/c1-13-11-24(5-6-26-13)18-10-17(20-12-21-18)19-15-9-14(27-8-7-25-2)3-4-16(15)22-23-19/h3-4,9-10,12-13H,5-8,11H2,1-2H3,(H,22,23)/t13-/m0/s1. The second-order valence-corrected chi connectivity index (χ2v) is 6.51. The molecule has 0 amide bonds. The van der Waals surface area contributed by atoms with E-state index >= 15 is 0 Å². The van der Waals surface area contributed by atoms with Gasteiger partial charge in [-0.05, 0) is 25.1 Å². The summed E-state index contributed by atoms with van der Waals surface area (Å²) in [7, 11) is 1.66. The van der Waals surface area contributed by atoms with E-state index < -0.39 is 0 Å². The number of ether oxygens (including phenoxy) is 3. The van der Waals surface area contributed by atoms with Crippen LogP contribution in [-0.4, -0.2) is 66.3 Å². The van der Waals surface area contributed by atoms with Crippen molar-refractivity contribution in [2.75, 3.05) is 44.9 Å². The first kappa shape index (κ1) is 17.7. The fourth-order valence-corrected chi connectivity index (χ4v) is 3.20. The fraction of sp³-hybridized carbons (Fsp3) is 0.421. The van der Waals surface area contributed by atoms with Gasteiger partial charge < -0.3 is 19.1 Å². The molecule has 8 heteroatoms. The molecule has 3 aromatic rings. The summed E-state index contributed by atoms with van der Waals surface area (Å²) in [6.45, 7) is 5.45. The Balaban J connectivity index is 1.63. The van der Waals surface area contributed by atoms with Crippen LogP contribution in [0.4, 0.5) is 5.82 Å². The zero-order valence-electron chi connectivity index (χ0n) is 15.5. The summed E-state index contributed by atoms with van der Waals surface area (Å²) in [5.74, 6) is 1.66. The Kier molecular flexibility index (Phi) is 5.17. The van der Waals surface area contributed by atoms with Crippen molar-refractivity contribution in [1.82, 2.24) is 20.2 Å². The highest BCUT2D eigenvalue weighted by molar-refractivity contribution is 5.93. The molecule has 8 nitrogen and oxygen atoms in total. The molecule has 0 bridgehead atoms. The maximum absolute atomic E-state index is 5.72. The van der Waals surface area contributed by atoms with Crippen molar-refractivity contribution < 1.29 is 14.2 Å². The van der Waals surface area contributed by atoms with Crippen LogP contribution in [0.25, 0.3) is 22.3 Å². The molecule has 1 saturated heterocycles. The molecule has 27 heavy (non-hydrogen) atoms. The molecule has 1 fully saturated rings. The van der Waals surface area contributed by atoms with Gasteiger partial charge in [0.25, 0.3) is 0 Å². The molecule has 1 N–H and O–H groups in total. The van der Waals surface area contributed by atoms with Crippen LogP contribution < -0.4 is 9.64 Å². The highest BCUT2D eigenvalue weighted by atomic mass is 16.5. The van der Waals surface area contributed by atoms with Crippen LogP contribution >= 0.6 is 0 Å². The Bertz CT molecular complexity index is 913.